The summed E-state index contributed by atoms with van der Waals surface area (Å²) in [6.07, 6.45) is 8.72. The van der Waals surface area contributed by atoms with E-state index in [2.05, 4.69) is 154 Å². The van der Waals surface area contributed by atoms with Crippen LogP contribution >= 0.6 is 0 Å². The van der Waals surface area contributed by atoms with Crippen LogP contribution in [0, 0.1) is 93.8 Å². The van der Waals surface area contributed by atoms with Gasteiger partial charge in [-0.05, 0) is 108 Å². The number of methoxy groups -OCH3 is 1. The van der Waals surface area contributed by atoms with Gasteiger partial charge in [0.05, 0.1) is 41.5 Å². The predicted octanol–water partition coefficient (Wildman–Crippen LogP) is 13.3. The first-order chi connectivity index (χ1) is 32.1. The number of hydrogen-bond acceptors (Lipinski definition) is 3. The Morgan fingerprint density at radius 2 is 0.606 bits per heavy atom. The van der Waals surface area contributed by atoms with Crippen LogP contribution in [0.2, 0.25) is 0 Å². The molecule has 0 fully saturated rings. The Hall–Kier alpha value is -7.61. The summed E-state index contributed by atoms with van der Waals surface area (Å²) in [5.74, 6) is 35.6. The minimum atomic E-state index is -0.135. The molecule has 6 aromatic carbocycles. The van der Waals surface area contributed by atoms with Crippen molar-refractivity contribution in [1.82, 2.24) is 0 Å². The molecular formula is C63H58O3. The number of hydrogen-bond donors (Lipinski definition) is 0. The number of ether oxygens (including phenoxy) is 2. The van der Waals surface area contributed by atoms with Gasteiger partial charge in [-0.2, -0.15) is 0 Å². The molecule has 0 atom stereocenters. The highest BCUT2D eigenvalue weighted by Crippen LogP contribution is 2.34. The molecule has 0 saturated carbocycles. The summed E-state index contributed by atoms with van der Waals surface area (Å²) in [6.45, 7) is 10.8. The third kappa shape index (κ3) is 15.0. The van der Waals surface area contributed by atoms with Gasteiger partial charge in [-0.3, -0.25) is 4.79 Å². The number of carbonyl (C=O) groups excluding carboxylic acids is 1. The SMILES string of the molecule is COC(=O)CCCCCCCCCCOc1c(C#Cc2ccc(C)cc2)c(C#Cc2ccc(C)cc2)c(C#Cc2ccc(C)cc2)c(C#Cc2ccc(C)cc2)c1C#Cc1ccc(C)cc1. The summed E-state index contributed by atoms with van der Waals surface area (Å²) in [5.41, 5.74) is 13.4. The molecular weight excluding hydrogens is 805 g/mol. The van der Waals surface area contributed by atoms with Gasteiger partial charge in [-0.1, -0.05) is 186 Å². The lowest BCUT2D eigenvalue weighted by molar-refractivity contribution is -0.140. The molecule has 0 aliphatic carbocycles. The molecule has 0 amide bonds. The zero-order valence-electron chi connectivity index (χ0n) is 39.3. The highest BCUT2D eigenvalue weighted by molar-refractivity contribution is 5.78. The molecule has 3 heteroatoms. The van der Waals surface area contributed by atoms with Crippen molar-refractivity contribution >= 4 is 5.97 Å². The van der Waals surface area contributed by atoms with Gasteiger partial charge in [0, 0.05) is 34.2 Å². The van der Waals surface area contributed by atoms with Crippen LogP contribution in [0.3, 0.4) is 0 Å². The first-order valence-electron chi connectivity index (χ1n) is 23.0. The monoisotopic (exact) mass is 862 g/mol. The van der Waals surface area contributed by atoms with Gasteiger partial charge in [0.15, 0.2) is 5.75 Å². The van der Waals surface area contributed by atoms with Crippen LogP contribution < -0.4 is 4.74 Å². The average Bonchev–Trinajstić information content (AvgIpc) is 3.33. The summed E-state index contributed by atoms with van der Waals surface area (Å²) in [4.78, 5) is 11.5. The highest BCUT2D eigenvalue weighted by Gasteiger charge is 2.22. The van der Waals surface area contributed by atoms with Gasteiger partial charge in [0.1, 0.15) is 0 Å². The standard InChI is InChI=1S/C63H58O3/c1-47-16-26-52(27-17-47)36-41-57-58(42-37-53-28-18-48(2)19-29-53)60(44-39-55-32-22-50(4)23-33-55)63(66-46-14-12-10-8-7-9-11-13-15-62(64)65-6)61(45-40-56-34-24-51(5)25-35-56)59(57)43-38-54-30-20-49(3)21-31-54/h16-35H,7-15,46H2,1-6H3. The maximum atomic E-state index is 11.5. The molecule has 0 radical (unpaired) electrons. The molecule has 3 nitrogen and oxygen atoms in total. The van der Waals surface area contributed by atoms with E-state index in [4.69, 9.17) is 9.47 Å². The van der Waals surface area contributed by atoms with E-state index in [0.717, 1.165) is 107 Å². The first-order valence-corrected chi connectivity index (χ1v) is 23.0. The fourth-order valence-electron chi connectivity index (χ4n) is 7.05. The van der Waals surface area contributed by atoms with E-state index in [1.165, 1.54) is 7.11 Å². The topological polar surface area (TPSA) is 35.5 Å². The maximum Gasteiger partial charge on any atom is 0.305 e. The smallest absolute Gasteiger partial charge is 0.305 e. The van der Waals surface area contributed by atoms with Crippen LogP contribution in [-0.2, 0) is 9.53 Å². The summed E-state index contributed by atoms with van der Waals surface area (Å²) >= 11 is 0. The van der Waals surface area contributed by atoms with Gasteiger partial charge < -0.3 is 9.47 Å². The molecule has 0 aromatic heterocycles. The van der Waals surface area contributed by atoms with E-state index in [1.807, 2.05) is 60.7 Å². The lowest BCUT2D eigenvalue weighted by Crippen LogP contribution is -2.08. The third-order valence-electron chi connectivity index (χ3n) is 11.1. The summed E-state index contributed by atoms with van der Waals surface area (Å²) < 4.78 is 11.8. The van der Waals surface area contributed by atoms with E-state index in [0.29, 0.717) is 46.6 Å². The van der Waals surface area contributed by atoms with Crippen LogP contribution in [0.25, 0.3) is 0 Å². The minimum Gasteiger partial charge on any atom is -0.491 e. The fraction of sp³-hybridized carbons (Fsp3) is 0.254. The summed E-state index contributed by atoms with van der Waals surface area (Å²) in [5, 5.41) is 0. The molecule has 0 unspecified atom stereocenters. The number of rotatable bonds is 12. The number of aryl methyl sites for hydroxylation is 5. The molecule has 66 heavy (non-hydrogen) atoms. The Morgan fingerprint density at radius 3 is 0.909 bits per heavy atom. The van der Waals surface area contributed by atoms with Crippen molar-refractivity contribution < 1.29 is 14.3 Å². The molecule has 0 saturated heterocycles. The average molecular weight is 863 g/mol. The van der Waals surface area contributed by atoms with Gasteiger partial charge in [-0.15, -0.1) is 0 Å². The minimum absolute atomic E-state index is 0.135. The van der Waals surface area contributed by atoms with Crippen LogP contribution in [0.1, 0.15) is 141 Å². The predicted molar refractivity (Wildman–Crippen MR) is 271 cm³/mol. The number of esters is 1. The van der Waals surface area contributed by atoms with E-state index >= 15 is 0 Å². The van der Waals surface area contributed by atoms with Crippen molar-refractivity contribution in [2.24, 2.45) is 0 Å². The second kappa shape index (κ2) is 25.0. The van der Waals surface area contributed by atoms with Gasteiger partial charge in [0.25, 0.3) is 0 Å². The van der Waals surface area contributed by atoms with Crippen LogP contribution in [0.5, 0.6) is 5.75 Å². The molecule has 0 aliphatic heterocycles. The Kier molecular flexibility index (Phi) is 18.1. The van der Waals surface area contributed by atoms with Crippen molar-refractivity contribution in [2.45, 2.75) is 92.4 Å². The molecule has 0 spiro atoms. The van der Waals surface area contributed by atoms with E-state index < -0.39 is 0 Å². The lowest BCUT2D eigenvalue weighted by Gasteiger charge is -2.17. The zero-order chi connectivity index (χ0) is 46.5. The number of unbranched alkanes of at least 4 members (excludes halogenated alkanes) is 7. The quantitative estimate of drug-likeness (QED) is 0.0698. The van der Waals surface area contributed by atoms with Crippen LogP contribution in [0.4, 0.5) is 0 Å². The molecule has 0 bridgehead atoms. The Labute approximate surface area is 394 Å². The summed E-state index contributed by atoms with van der Waals surface area (Å²) in [6, 6.07) is 41.1. The van der Waals surface area contributed by atoms with E-state index in [9.17, 15) is 4.79 Å². The summed E-state index contributed by atoms with van der Waals surface area (Å²) in [7, 11) is 1.45. The van der Waals surface area contributed by atoms with Gasteiger partial charge >= 0.3 is 5.97 Å². The van der Waals surface area contributed by atoms with Crippen molar-refractivity contribution in [3.63, 3.8) is 0 Å². The Bertz CT molecular complexity index is 2760. The molecule has 328 valence electrons. The first kappa shape index (κ1) is 47.9. The normalized spacial score (nSPS) is 10.0. The zero-order valence-corrected chi connectivity index (χ0v) is 39.3. The van der Waals surface area contributed by atoms with Crippen molar-refractivity contribution in [2.75, 3.05) is 13.7 Å². The highest BCUT2D eigenvalue weighted by atomic mass is 16.5. The number of benzene rings is 6. The maximum absolute atomic E-state index is 11.5. The lowest BCUT2D eigenvalue weighted by atomic mass is 9.89. The van der Waals surface area contributed by atoms with Crippen LogP contribution in [0.15, 0.2) is 121 Å². The largest absolute Gasteiger partial charge is 0.491 e. The van der Waals surface area contributed by atoms with Gasteiger partial charge in [0.2, 0.25) is 0 Å². The number of carbonyl (C=O) groups is 1. The Morgan fingerprint density at radius 1 is 0.348 bits per heavy atom. The molecule has 0 N–H and O–H groups in total. The Balaban J connectivity index is 1.56. The van der Waals surface area contributed by atoms with Crippen molar-refractivity contribution in [3.8, 4) is 65.0 Å². The van der Waals surface area contributed by atoms with Gasteiger partial charge in [-0.25, -0.2) is 0 Å². The van der Waals surface area contributed by atoms with Crippen molar-refractivity contribution in [1.29, 1.82) is 0 Å². The molecule has 0 heterocycles. The van der Waals surface area contributed by atoms with E-state index in [1.54, 1.807) is 0 Å². The molecule has 6 rings (SSSR count). The van der Waals surface area contributed by atoms with Crippen LogP contribution in [-0.4, -0.2) is 19.7 Å². The second-order valence-corrected chi connectivity index (χ2v) is 16.8. The second-order valence-electron chi connectivity index (χ2n) is 16.8. The van der Waals surface area contributed by atoms with E-state index in [-0.39, 0.29) is 5.97 Å². The molecule has 6 aromatic rings. The molecule has 0 aliphatic rings. The fourth-order valence-corrected chi connectivity index (χ4v) is 7.05. The third-order valence-corrected chi connectivity index (χ3v) is 11.1. The van der Waals surface area contributed by atoms with Crippen molar-refractivity contribution in [3.05, 3.63) is 205 Å².